The van der Waals surface area contributed by atoms with Crippen LogP contribution in [-0.4, -0.2) is 52.2 Å². The molecule has 1 N–H and O–H groups in total. The van der Waals surface area contributed by atoms with Crippen molar-refractivity contribution in [2.75, 3.05) is 31.4 Å². The second kappa shape index (κ2) is 8.82. The first-order valence-electron chi connectivity index (χ1n) is 8.98. The van der Waals surface area contributed by atoms with E-state index >= 15 is 0 Å². The zero-order chi connectivity index (χ0) is 20.1. The summed E-state index contributed by atoms with van der Waals surface area (Å²) in [5.41, 5.74) is 1.43. The minimum Gasteiger partial charge on any atom is -0.497 e. The van der Waals surface area contributed by atoms with Crippen LogP contribution in [0, 0.1) is 0 Å². The molecule has 0 spiro atoms. The van der Waals surface area contributed by atoms with Gasteiger partial charge < -0.3 is 19.5 Å². The highest BCUT2D eigenvalue weighted by Gasteiger charge is 2.14. The van der Waals surface area contributed by atoms with Crippen LogP contribution in [0.5, 0.6) is 17.2 Å². The number of fused-ring (bicyclic) bond motifs is 1. The Balaban J connectivity index is 1.38. The third-order valence-corrected chi connectivity index (χ3v) is 5.04. The van der Waals surface area contributed by atoms with Crippen LogP contribution in [-0.2, 0) is 4.79 Å². The molecule has 1 aromatic heterocycles. The Bertz CT molecular complexity index is 993. The predicted octanol–water partition coefficient (Wildman–Crippen LogP) is 2.56. The molecule has 2 heterocycles. The average Bonchev–Trinajstić information content (AvgIpc) is 3.09. The van der Waals surface area contributed by atoms with Gasteiger partial charge in [-0.1, -0.05) is 11.8 Å². The second-order valence-electron chi connectivity index (χ2n) is 6.12. The Morgan fingerprint density at radius 3 is 2.76 bits per heavy atom. The van der Waals surface area contributed by atoms with Gasteiger partial charge in [-0.2, -0.15) is 4.68 Å². The molecule has 3 aromatic rings. The molecule has 0 saturated heterocycles. The lowest BCUT2D eigenvalue weighted by atomic mass is 10.2. The zero-order valence-electron chi connectivity index (χ0n) is 15.7. The first-order chi connectivity index (χ1) is 14.2. The van der Waals surface area contributed by atoms with Crippen LogP contribution in [0.4, 0.5) is 5.69 Å². The molecule has 0 bridgehead atoms. The van der Waals surface area contributed by atoms with E-state index < -0.39 is 0 Å². The molecule has 29 heavy (non-hydrogen) atoms. The van der Waals surface area contributed by atoms with Gasteiger partial charge >= 0.3 is 0 Å². The number of hydrogen-bond acceptors (Lipinski definition) is 8. The van der Waals surface area contributed by atoms with Gasteiger partial charge in [0, 0.05) is 18.2 Å². The van der Waals surface area contributed by atoms with Gasteiger partial charge in [0.15, 0.2) is 11.5 Å². The van der Waals surface area contributed by atoms with E-state index in [-0.39, 0.29) is 11.7 Å². The van der Waals surface area contributed by atoms with E-state index in [1.54, 1.807) is 30.0 Å². The first-order valence-corrected chi connectivity index (χ1v) is 9.96. The Labute approximate surface area is 171 Å². The fourth-order valence-corrected chi connectivity index (χ4v) is 3.41. The van der Waals surface area contributed by atoms with Crippen molar-refractivity contribution in [3.63, 3.8) is 0 Å². The number of thioether (sulfide) groups is 1. The molecule has 0 fully saturated rings. The molecule has 4 rings (SSSR count). The van der Waals surface area contributed by atoms with E-state index in [2.05, 4.69) is 20.8 Å². The maximum absolute atomic E-state index is 12.4. The molecule has 0 aliphatic carbocycles. The van der Waals surface area contributed by atoms with Gasteiger partial charge in [0.25, 0.3) is 0 Å². The summed E-state index contributed by atoms with van der Waals surface area (Å²) in [6.45, 7) is 1.21. The molecule has 150 valence electrons. The molecule has 0 radical (unpaired) electrons. The number of ether oxygens (including phenoxy) is 3. The van der Waals surface area contributed by atoms with Crippen LogP contribution in [0.15, 0.2) is 47.6 Å². The number of anilines is 1. The highest BCUT2D eigenvalue weighted by atomic mass is 32.2. The van der Waals surface area contributed by atoms with E-state index in [1.807, 2.05) is 24.3 Å². The van der Waals surface area contributed by atoms with Crippen LogP contribution < -0.4 is 19.5 Å². The van der Waals surface area contributed by atoms with Gasteiger partial charge in [-0.25, -0.2) is 0 Å². The van der Waals surface area contributed by atoms with Gasteiger partial charge in [-0.3, -0.25) is 4.79 Å². The molecule has 0 saturated carbocycles. The zero-order valence-corrected chi connectivity index (χ0v) is 16.5. The van der Waals surface area contributed by atoms with Crippen LogP contribution in [0.2, 0.25) is 0 Å². The quantitative estimate of drug-likeness (QED) is 0.616. The fourth-order valence-electron chi connectivity index (χ4n) is 2.72. The summed E-state index contributed by atoms with van der Waals surface area (Å²) in [4.78, 5) is 12.4. The number of tetrazole rings is 1. The molecular weight excluding hydrogens is 394 g/mol. The van der Waals surface area contributed by atoms with Crippen molar-refractivity contribution >= 4 is 23.4 Å². The van der Waals surface area contributed by atoms with Crippen molar-refractivity contribution in [2.24, 2.45) is 0 Å². The van der Waals surface area contributed by atoms with Gasteiger partial charge in [-0.05, 0) is 46.8 Å². The fraction of sp³-hybridized carbons (Fsp3) is 0.263. The van der Waals surface area contributed by atoms with Gasteiger partial charge in [0.2, 0.25) is 11.1 Å². The monoisotopic (exact) mass is 413 g/mol. The first kappa shape index (κ1) is 19.1. The average molecular weight is 413 g/mol. The third kappa shape index (κ3) is 4.60. The number of carbonyl (C=O) groups is 1. The molecule has 1 aliphatic rings. The smallest absolute Gasteiger partial charge is 0.234 e. The molecule has 0 unspecified atom stereocenters. The SMILES string of the molecule is COc1ccc(-n2nnnc2SCC(=O)Nc2ccc3c(c2)OCCCO3)cc1. The number of hydrogen-bond donors (Lipinski definition) is 1. The minimum absolute atomic E-state index is 0.158. The number of amides is 1. The van der Waals surface area contributed by atoms with Crippen LogP contribution >= 0.6 is 11.8 Å². The minimum atomic E-state index is -0.172. The summed E-state index contributed by atoms with van der Waals surface area (Å²) in [6.07, 6.45) is 0.829. The predicted molar refractivity (Wildman–Crippen MR) is 107 cm³/mol. The molecule has 1 amide bonds. The van der Waals surface area contributed by atoms with E-state index in [0.29, 0.717) is 35.6 Å². The Morgan fingerprint density at radius 1 is 1.17 bits per heavy atom. The van der Waals surface area contributed by atoms with Gasteiger partial charge in [0.1, 0.15) is 5.75 Å². The van der Waals surface area contributed by atoms with Gasteiger partial charge in [-0.15, -0.1) is 5.10 Å². The topological polar surface area (TPSA) is 100 Å². The lowest BCUT2D eigenvalue weighted by Crippen LogP contribution is -2.14. The number of nitrogens with one attached hydrogen (secondary N) is 1. The van der Waals surface area contributed by atoms with Crippen molar-refractivity contribution in [3.05, 3.63) is 42.5 Å². The van der Waals surface area contributed by atoms with E-state index in [0.717, 1.165) is 17.9 Å². The van der Waals surface area contributed by atoms with E-state index in [1.165, 1.54) is 11.8 Å². The highest BCUT2D eigenvalue weighted by Crippen LogP contribution is 2.32. The lowest BCUT2D eigenvalue weighted by molar-refractivity contribution is -0.113. The molecule has 2 aromatic carbocycles. The summed E-state index contributed by atoms with van der Waals surface area (Å²) < 4.78 is 18.0. The van der Waals surface area contributed by atoms with E-state index in [9.17, 15) is 4.79 Å². The van der Waals surface area contributed by atoms with Crippen LogP contribution in [0.1, 0.15) is 6.42 Å². The van der Waals surface area contributed by atoms with Crippen molar-refractivity contribution < 1.29 is 19.0 Å². The van der Waals surface area contributed by atoms with Crippen molar-refractivity contribution in [1.82, 2.24) is 20.2 Å². The maximum atomic E-state index is 12.4. The lowest BCUT2D eigenvalue weighted by Gasteiger charge is -2.10. The number of nitrogens with zero attached hydrogens (tertiary/aromatic N) is 4. The molecule has 1 aliphatic heterocycles. The molecule has 9 nitrogen and oxygen atoms in total. The maximum Gasteiger partial charge on any atom is 0.234 e. The van der Waals surface area contributed by atoms with Crippen LogP contribution in [0.3, 0.4) is 0 Å². The summed E-state index contributed by atoms with van der Waals surface area (Å²) in [6, 6.07) is 12.7. The van der Waals surface area contributed by atoms with E-state index in [4.69, 9.17) is 14.2 Å². The van der Waals surface area contributed by atoms with Crippen molar-refractivity contribution in [2.45, 2.75) is 11.6 Å². The Kier molecular flexibility index (Phi) is 5.80. The summed E-state index contributed by atoms with van der Waals surface area (Å²) in [5.74, 6) is 2.05. The standard InChI is InChI=1S/C19H19N5O4S/c1-26-15-6-4-14(5-7-15)24-19(21-22-23-24)29-12-18(25)20-13-3-8-16-17(11-13)28-10-2-9-27-16/h3-8,11H,2,9-10,12H2,1H3,(H,20,25). The summed E-state index contributed by atoms with van der Waals surface area (Å²) in [5, 5.41) is 15.1. The van der Waals surface area contributed by atoms with Crippen molar-refractivity contribution in [3.8, 4) is 22.9 Å². The Morgan fingerprint density at radius 2 is 1.97 bits per heavy atom. The molecular formula is C19H19N5O4S. The summed E-state index contributed by atoms with van der Waals surface area (Å²) >= 11 is 1.25. The number of rotatable bonds is 6. The number of aromatic nitrogens is 4. The third-order valence-electron chi connectivity index (χ3n) is 4.12. The normalized spacial score (nSPS) is 12.9. The number of benzene rings is 2. The number of carbonyl (C=O) groups excluding carboxylic acids is 1. The highest BCUT2D eigenvalue weighted by molar-refractivity contribution is 7.99. The summed E-state index contributed by atoms with van der Waals surface area (Å²) in [7, 11) is 1.61. The largest absolute Gasteiger partial charge is 0.497 e. The van der Waals surface area contributed by atoms with Gasteiger partial charge in [0.05, 0.1) is 31.8 Å². The Hall–Kier alpha value is -3.27. The second-order valence-corrected chi connectivity index (χ2v) is 7.06. The molecule has 10 heteroatoms. The number of methoxy groups -OCH3 is 1. The molecule has 0 atom stereocenters. The van der Waals surface area contributed by atoms with Crippen molar-refractivity contribution in [1.29, 1.82) is 0 Å². The van der Waals surface area contributed by atoms with Crippen LogP contribution in [0.25, 0.3) is 5.69 Å².